The molecule has 0 radical (unpaired) electrons. The van der Waals surface area contributed by atoms with E-state index < -0.39 is 47.7 Å². The van der Waals surface area contributed by atoms with Crippen molar-refractivity contribution in [2.45, 2.75) is 71.4 Å². The zero-order chi connectivity index (χ0) is 35.1. The number of carboxylic acid groups (broad SMARTS) is 1. The normalized spacial score (nSPS) is 15.3. The summed E-state index contributed by atoms with van der Waals surface area (Å²) in [4.78, 5) is 16.2. The van der Waals surface area contributed by atoms with Gasteiger partial charge >= 0.3 is 18.3 Å². The smallest absolute Gasteiger partial charge is 0.416 e. The van der Waals surface area contributed by atoms with Crippen molar-refractivity contribution in [3.8, 4) is 0 Å². The zero-order valence-electron chi connectivity index (χ0n) is 26.5. The zero-order valence-corrected chi connectivity index (χ0v) is 26.5. The lowest BCUT2D eigenvalue weighted by atomic mass is 9.94. The Balaban J connectivity index is 0.00000192. The minimum atomic E-state index is -4.66. The highest BCUT2D eigenvalue weighted by molar-refractivity contribution is 5.88. The molecular formula is C32H37F7N6O2. The molecule has 1 atom stereocenters. The first kappa shape index (κ1) is 37.0. The van der Waals surface area contributed by atoms with E-state index in [4.69, 9.17) is 0 Å². The van der Waals surface area contributed by atoms with Crippen molar-refractivity contribution in [2.75, 3.05) is 22.9 Å². The van der Waals surface area contributed by atoms with Gasteiger partial charge in [-0.15, -0.1) is 11.7 Å². The number of nitrogens with zero attached hydrogens (tertiary/aromatic N) is 6. The van der Waals surface area contributed by atoms with Gasteiger partial charge in [-0.25, -0.2) is 9.18 Å². The molecule has 0 bridgehead atoms. The number of allylic oxidation sites excluding steroid dienone is 2. The van der Waals surface area contributed by atoms with Gasteiger partial charge in [-0.1, -0.05) is 35.0 Å². The second kappa shape index (κ2) is 15.4. The van der Waals surface area contributed by atoms with E-state index in [1.165, 1.54) is 23.9 Å². The molecule has 1 N–H and O–H groups in total. The minimum Gasteiger partial charge on any atom is -0.478 e. The molecule has 0 saturated heterocycles. The lowest BCUT2D eigenvalue weighted by Gasteiger charge is -2.33. The number of hydrogen-bond acceptors (Lipinski definition) is 6. The van der Waals surface area contributed by atoms with Crippen molar-refractivity contribution in [2.24, 2.45) is 7.05 Å². The van der Waals surface area contributed by atoms with E-state index in [1.807, 2.05) is 6.92 Å². The Morgan fingerprint density at radius 2 is 1.85 bits per heavy atom. The number of hydrogen-bond donors (Lipinski definition) is 1. The fourth-order valence-electron chi connectivity index (χ4n) is 5.33. The highest BCUT2D eigenvalue weighted by Crippen LogP contribution is 2.43. The summed E-state index contributed by atoms with van der Waals surface area (Å²) in [5.41, 5.74) is 0.196. The van der Waals surface area contributed by atoms with E-state index in [1.54, 1.807) is 29.8 Å². The molecule has 1 aliphatic heterocycles. The average molecular weight is 671 g/mol. The molecule has 2 aromatic carbocycles. The third-order valence-corrected chi connectivity index (χ3v) is 7.48. The molecule has 1 aromatic heterocycles. The number of tetrazole rings is 1. The Labute approximate surface area is 268 Å². The number of alkyl halides is 6. The number of rotatable bonds is 9. The second-order valence-electron chi connectivity index (χ2n) is 11.2. The number of benzene rings is 2. The summed E-state index contributed by atoms with van der Waals surface area (Å²) in [5.74, 6) is -2.23. The van der Waals surface area contributed by atoms with Crippen LogP contribution in [0, 0.1) is 12.7 Å². The quantitative estimate of drug-likeness (QED) is 0.181. The number of fused-ring (bicyclic) bond motifs is 1. The third-order valence-electron chi connectivity index (χ3n) is 7.48. The monoisotopic (exact) mass is 670 g/mol. The predicted molar refractivity (Wildman–Crippen MR) is 164 cm³/mol. The van der Waals surface area contributed by atoms with Crippen LogP contribution in [0.25, 0.3) is 0 Å². The molecule has 0 spiro atoms. The Kier molecular flexibility index (Phi) is 12.2. The standard InChI is InChI=1S/C29H31F7N6O2.C3H6/c1-17(8-10-28(31,32)33)9-12-42(27-37-39-40(3)38-27)24-5-4-11-41(16-19-6-7-23(30)20(14-19)26(43)44)25-15-22(29(34,35)36)18(2)13-21(24)25;1-3-2/h6-8,13-15,24H,4-5,9-12,16H2,1-3H3,(H,43,44);3H,1H2,2H3/b17-8+;. The van der Waals surface area contributed by atoms with Crippen LogP contribution < -0.4 is 9.80 Å². The van der Waals surface area contributed by atoms with Crippen LogP contribution in [0.4, 0.5) is 42.4 Å². The summed E-state index contributed by atoms with van der Waals surface area (Å²) in [7, 11) is 1.54. The second-order valence-corrected chi connectivity index (χ2v) is 11.2. The number of aryl methyl sites for hydroxylation is 2. The maximum Gasteiger partial charge on any atom is 0.416 e. The van der Waals surface area contributed by atoms with Gasteiger partial charge in [0.2, 0.25) is 0 Å². The molecular weight excluding hydrogens is 633 g/mol. The molecule has 2 heterocycles. The maximum atomic E-state index is 14.1. The Morgan fingerprint density at radius 1 is 1.17 bits per heavy atom. The number of aromatic carboxylic acids is 1. The molecule has 0 fully saturated rings. The predicted octanol–water partition coefficient (Wildman–Crippen LogP) is 8.20. The summed E-state index contributed by atoms with van der Waals surface area (Å²) >= 11 is 0. The van der Waals surface area contributed by atoms with Gasteiger partial charge in [0, 0.05) is 25.3 Å². The van der Waals surface area contributed by atoms with Crippen LogP contribution in [0.5, 0.6) is 0 Å². The van der Waals surface area contributed by atoms with E-state index >= 15 is 0 Å². The van der Waals surface area contributed by atoms with E-state index in [0.29, 0.717) is 29.5 Å². The van der Waals surface area contributed by atoms with E-state index in [0.717, 1.165) is 24.3 Å². The highest BCUT2D eigenvalue weighted by atomic mass is 19.4. The number of carbonyl (C=O) groups is 1. The number of carboxylic acids is 1. The van der Waals surface area contributed by atoms with Crippen molar-refractivity contribution >= 4 is 17.6 Å². The maximum absolute atomic E-state index is 14.1. The summed E-state index contributed by atoms with van der Waals surface area (Å²) in [6.45, 7) is 8.63. The summed E-state index contributed by atoms with van der Waals surface area (Å²) in [6, 6.07) is 5.48. The minimum absolute atomic E-state index is 0.00329. The summed E-state index contributed by atoms with van der Waals surface area (Å²) in [5, 5.41) is 21.6. The molecule has 8 nitrogen and oxygen atoms in total. The first-order valence-electron chi connectivity index (χ1n) is 14.7. The summed E-state index contributed by atoms with van der Waals surface area (Å²) < 4.78 is 94.7. The molecule has 0 saturated carbocycles. The van der Waals surface area contributed by atoms with Crippen molar-refractivity contribution in [1.29, 1.82) is 0 Å². The van der Waals surface area contributed by atoms with Gasteiger partial charge < -0.3 is 14.9 Å². The topological polar surface area (TPSA) is 87.4 Å². The first-order valence-corrected chi connectivity index (χ1v) is 14.7. The van der Waals surface area contributed by atoms with Gasteiger partial charge in [0.1, 0.15) is 5.82 Å². The van der Waals surface area contributed by atoms with E-state index in [9.17, 15) is 40.6 Å². The van der Waals surface area contributed by atoms with Crippen molar-refractivity contribution in [3.05, 3.63) is 88.3 Å². The van der Waals surface area contributed by atoms with Crippen LogP contribution >= 0.6 is 0 Å². The van der Waals surface area contributed by atoms with E-state index in [-0.39, 0.29) is 43.3 Å². The highest BCUT2D eigenvalue weighted by Gasteiger charge is 2.37. The SMILES string of the molecule is C/C(=C\CC(F)(F)F)CCN(c1nnn(C)n1)C1CCCN(Cc2ccc(F)c(C(=O)O)c2)c2cc(C(F)(F)F)c(C)cc21.C=CC. The van der Waals surface area contributed by atoms with Crippen LogP contribution in [-0.2, 0) is 19.8 Å². The van der Waals surface area contributed by atoms with Gasteiger partial charge in [-0.05, 0) is 80.1 Å². The fourth-order valence-corrected chi connectivity index (χ4v) is 5.33. The Morgan fingerprint density at radius 3 is 2.43 bits per heavy atom. The van der Waals surface area contributed by atoms with Crippen LogP contribution in [0.3, 0.4) is 0 Å². The van der Waals surface area contributed by atoms with Crippen molar-refractivity contribution < 1.29 is 40.6 Å². The number of aromatic nitrogens is 4. The third kappa shape index (κ3) is 10.0. The van der Waals surface area contributed by atoms with Crippen molar-refractivity contribution in [3.63, 3.8) is 0 Å². The Hall–Kier alpha value is -4.43. The molecule has 0 amide bonds. The lowest BCUT2D eigenvalue weighted by Crippen LogP contribution is -2.31. The van der Waals surface area contributed by atoms with Crippen LogP contribution in [-0.4, -0.2) is 50.5 Å². The molecule has 4 rings (SSSR count). The molecule has 1 unspecified atom stereocenters. The molecule has 256 valence electrons. The molecule has 3 aromatic rings. The summed E-state index contributed by atoms with van der Waals surface area (Å²) in [6.07, 6.45) is -6.15. The molecule has 15 heteroatoms. The van der Waals surface area contributed by atoms with Crippen LogP contribution in [0.15, 0.2) is 54.6 Å². The van der Waals surface area contributed by atoms with Crippen molar-refractivity contribution in [1.82, 2.24) is 20.2 Å². The Bertz CT molecular complexity index is 1580. The van der Waals surface area contributed by atoms with Crippen LogP contribution in [0.1, 0.15) is 78.2 Å². The first-order chi connectivity index (χ1) is 21.9. The number of halogens is 7. The largest absolute Gasteiger partial charge is 0.478 e. The van der Waals surface area contributed by atoms with Gasteiger partial charge in [0.25, 0.3) is 5.95 Å². The van der Waals surface area contributed by atoms with Crippen LogP contribution in [0.2, 0.25) is 0 Å². The lowest BCUT2D eigenvalue weighted by molar-refractivity contribution is -0.138. The molecule has 1 aliphatic rings. The van der Waals surface area contributed by atoms with Gasteiger partial charge in [0.15, 0.2) is 0 Å². The molecule has 47 heavy (non-hydrogen) atoms. The van der Waals surface area contributed by atoms with Gasteiger partial charge in [0.05, 0.1) is 30.6 Å². The number of anilines is 2. The molecule has 0 aliphatic carbocycles. The van der Waals surface area contributed by atoms with Gasteiger partial charge in [-0.3, -0.25) is 0 Å². The van der Waals surface area contributed by atoms with Gasteiger partial charge in [-0.2, -0.15) is 31.1 Å². The average Bonchev–Trinajstić information content (AvgIpc) is 3.32. The fraction of sp³-hybridized carbons (Fsp3) is 0.438. The van der Waals surface area contributed by atoms with E-state index in [2.05, 4.69) is 22.0 Å².